The lowest BCUT2D eigenvalue weighted by Crippen LogP contribution is -2.50. The maximum Gasteiger partial charge on any atom is 0.271 e. The first-order valence-electron chi connectivity index (χ1n) is 7.28. The summed E-state index contributed by atoms with van der Waals surface area (Å²) < 4.78 is 0.911. The number of halogens is 2. The van der Waals surface area contributed by atoms with E-state index in [-0.39, 0.29) is 43.0 Å². The molecule has 2 aromatic rings. The van der Waals surface area contributed by atoms with Gasteiger partial charge in [-0.05, 0) is 24.6 Å². The second-order valence-electron chi connectivity index (χ2n) is 5.31. The molecule has 2 amide bonds. The van der Waals surface area contributed by atoms with Crippen LogP contribution in [0.1, 0.15) is 23.0 Å². The van der Waals surface area contributed by atoms with Crippen LogP contribution in [0.5, 0.6) is 0 Å². The molecule has 0 aliphatic rings. The Morgan fingerprint density at radius 3 is 2.40 bits per heavy atom. The molecule has 2 rings (SSSR count). The van der Waals surface area contributed by atoms with Crippen LogP contribution in [0, 0.1) is 0 Å². The lowest BCUT2D eigenvalue weighted by Gasteiger charge is -2.24. The minimum absolute atomic E-state index is 0. The van der Waals surface area contributed by atoms with Gasteiger partial charge in [-0.1, -0.05) is 28.1 Å². The minimum Gasteiger partial charge on any atom is -0.352 e. The lowest BCUT2D eigenvalue weighted by atomic mass is 9.92. The van der Waals surface area contributed by atoms with Crippen molar-refractivity contribution in [3.63, 3.8) is 0 Å². The third kappa shape index (κ3) is 5.77. The average Bonchev–Trinajstić information content (AvgIpc) is 2.59. The summed E-state index contributed by atoms with van der Waals surface area (Å²) in [6.45, 7) is 2.16. The van der Waals surface area contributed by atoms with Crippen LogP contribution in [-0.2, 0) is 10.3 Å². The first kappa shape index (κ1) is 21.0. The number of hydrogen-bond acceptors (Lipinski definition) is 5. The Morgan fingerprint density at radius 1 is 1.16 bits per heavy atom. The van der Waals surface area contributed by atoms with E-state index in [2.05, 4.69) is 36.5 Å². The van der Waals surface area contributed by atoms with Crippen molar-refractivity contribution in [2.75, 3.05) is 13.1 Å². The van der Waals surface area contributed by atoms with E-state index < -0.39 is 5.54 Å². The van der Waals surface area contributed by atoms with Gasteiger partial charge >= 0.3 is 0 Å². The monoisotopic (exact) mass is 427 g/mol. The molecule has 1 aromatic heterocycles. The lowest BCUT2D eigenvalue weighted by molar-refractivity contribution is -0.126. The smallest absolute Gasteiger partial charge is 0.271 e. The van der Waals surface area contributed by atoms with Crippen LogP contribution in [0.3, 0.4) is 0 Å². The largest absolute Gasteiger partial charge is 0.352 e. The van der Waals surface area contributed by atoms with Crippen molar-refractivity contribution in [2.24, 2.45) is 5.73 Å². The number of amides is 2. The predicted octanol–water partition coefficient (Wildman–Crippen LogP) is 1.38. The molecule has 0 aliphatic carbocycles. The van der Waals surface area contributed by atoms with Gasteiger partial charge in [0, 0.05) is 30.0 Å². The summed E-state index contributed by atoms with van der Waals surface area (Å²) in [5.41, 5.74) is 5.90. The number of nitrogens with two attached hydrogens (primary N) is 1. The van der Waals surface area contributed by atoms with Gasteiger partial charge in [-0.2, -0.15) is 0 Å². The third-order valence-corrected chi connectivity index (χ3v) is 3.94. The molecule has 0 spiro atoms. The van der Waals surface area contributed by atoms with Crippen LogP contribution in [0.25, 0.3) is 0 Å². The molecule has 7 nitrogen and oxygen atoms in total. The molecular weight excluding hydrogens is 410 g/mol. The van der Waals surface area contributed by atoms with Gasteiger partial charge in [-0.3, -0.25) is 14.6 Å². The van der Waals surface area contributed by atoms with E-state index in [0.717, 1.165) is 4.47 Å². The molecule has 0 saturated carbocycles. The SMILES string of the molecule is CC(N)(C(=O)NCCNC(=O)c1cnccn1)c1ccc(Br)cc1.Cl. The quantitative estimate of drug-likeness (QED) is 0.602. The van der Waals surface area contributed by atoms with Crippen LogP contribution in [0.2, 0.25) is 0 Å². The Morgan fingerprint density at radius 2 is 1.80 bits per heavy atom. The Balaban J connectivity index is 0.00000312. The van der Waals surface area contributed by atoms with E-state index >= 15 is 0 Å². The van der Waals surface area contributed by atoms with E-state index in [1.165, 1.54) is 18.6 Å². The molecule has 0 aliphatic heterocycles. The van der Waals surface area contributed by atoms with Crippen molar-refractivity contribution in [1.82, 2.24) is 20.6 Å². The molecule has 1 unspecified atom stereocenters. The molecule has 1 atom stereocenters. The molecular formula is C16H19BrClN5O2. The average molecular weight is 429 g/mol. The number of rotatable bonds is 6. The maximum absolute atomic E-state index is 12.3. The van der Waals surface area contributed by atoms with Crippen molar-refractivity contribution in [2.45, 2.75) is 12.5 Å². The van der Waals surface area contributed by atoms with Crippen LogP contribution < -0.4 is 16.4 Å². The first-order valence-corrected chi connectivity index (χ1v) is 8.08. The van der Waals surface area contributed by atoms with Gasteiger partial charge in [0.1, 0.15) is 11.2 Å². The van der Waals surface area contributed by atoms with E-state index in [1.54, 1.807) is 19.1 Å². The fourth-order valence-corrected chi connectivity index (χ4v) is 2.23. The summed E-state index contributed by atoms with van der Waals surface area (Å²) >= 11 is 3.34. The van der Waals surface area contributed by atoms with Gasteiger partial charge in [-0.25, -0.2) is 4.98 Å². The highest BCUT2D eigenvalue weighted by Crippen LogP contribution is 2.20. The minimum atomic E-state index is -1.16. The molecule has 1 aromatic carbocycles. The summed E-state index contributed by atoms with van der Waals surface area (Å²) in [6.07, 6.45) is 4.30. The Kier molecular flexibility index (Phi) is 7.95. The molecule has 0 saturated heterocycles. The van der Waals surface area contributed by atoms with Gasteiger partial charge in [-0.15, -0.1) is 12.4 Å². The normalized spacial score (nSPS) is 12.4. The molecule has 9 heteroatoms. The van der Waals surface area contributed by atoms with Gasteiger partial charge in [0.15, 0.2) is 0 Å². The predicted molar refractivity (Wildman–Crippen MR) is 100 cm³/mol. The zero-order valence-corrected chi connectivity index (χ0v) is 15.9. The maximum atomic E-state index is 12.3. The molecule has 0 fully saturated rings. The highest BCUT2D eigenvalue weighted by atomic mass is 79.9. The van der Waals surface area contributed by atoms with E-state index in [1.807, 2.05) is 12.1 Å². The standard InChI is InChI=1S/C16H18BrN5O2.ClH/c1-16(18,11-2-4-12(17)5-3-11)15(24)22-9-8-21-14(23)13-10-19-6-7-20-13;/h2-7,10H,8-9,18H2,1H3,(H,21,23)(H,22,24);1H. The summed E-state index contributed by atoms with van der Waals surface area (Å²) in [7, 11) is 0. The Bertz CT molecular complexity index is 710. The van der Waals surface area contributed by atoms with Crippen molar-refractivity contribution in [1.29, 1.82) is 0 Å². The van der Waals surface area contributed by atoms with Crippen LogP contribution in [0.4, 0.5) is 0 Å². The highest BCUT2D eigenvalue weighted by Gasteiger charge is 2.30. The van der Waals surface area contributed by atoms with E-state index in [9.17, 15) is 9.59 Å². The van der Waals surface area contributed by atoms with Gasteiger partial charge < -0.3 is 16.4 Å². The number of carbonyl (C=O) groups is 2. The van der Waals surface area contributed by atoms with Crippen molar-refractivity contribution in [3.8, 4) is 0 Å². The summed E-state index contributed by atoms with van der Waals surface area (Å²) in [4.78, 5) is 31.8. The van der Waals surface area contributed by atoms with Gasteiger partial charge in [0.25, 0.3) is 5.91 Å². The first-order chi connectivity index (χ1) is 11.4. The van der Waals surface area contributed by atoms with Crippen molar-refractivity contribution >= 4 is 40.2 Å². The Labute approximate surface area is 160 Å². The number of carbonyl (C=O) groups excluding carboxylic acids is 2. The fraction of sp³-hybridized carbons (Fsp3) is 0.250. The third-order valence-electron chi connectivity index (χ3n) is 3.41. The van der Waals surface area contributed by atoms with Crippen molar-refractivity contribution in [3.05, 3.63) is 58.6 Å². The molecule has 4 N–H and O–H groups in total. The summed E-state index contributed by atoms with van der Waals surface area (Å²) in [5, 5.41) is 5.37. The molecule has 25 heavy (non-hydrogen) atoms. The van der Waals surface area contributed by atoms with E-state index in [4.69, 9.17) is 5.73 Å². The second kappa shape index (κ2) is 9.45. The number of hydrogen-bond donors (Lipinski definition) is 3. The molecule has 0 radical (unpaired) electrons. The van der Waals surface area contributed by atoms with Gasteiger partial charge in [0.05, 0.1) is 6.20 Å². The number of nitrogens with zero attached hydrogens (tertiary/aromatic N) is 2. The zero-order chi connectivity index (χ0) is 17.6. The summed E-state index contributed by atoms with van der Waals surface area (Å²) in [6, 6.07) is 7.24. The topological polar surface area (TPSA) is 110 Å². The van der Waals surface area contributed by atoms with Crippen molar-refractivity contribution < 1.29 is 9.59 Å². The summed E-state index contributed by atoms with van der Waals surface area (Å²) in [5.74, 6) is -0.667. The second-order valence-corrected chi connectivity index (χ2v) is 6.23. The van der Waals surface area contributed by atoms with Crippen LogP contribution >= 0.6 is 28.3 Å². The van der Waals surface area contributed by atoms with Crippen LogP contribution in [-0.4, -0.2) is 34.9 Å². The number of aromatic nitrogens is 2. The molecule has 1 heterocycles. The fourth-order valence-electron chi connectivity index (χ4n) is 1.97. The number of benzene rings is 1. The highest BCUT2D eigenvalue weighted by molar-refractivity contribution is 9.10. The molecule has 0 bridgehead atoms. The Hall–Kier alpha value is -2.03. The van der Waals surface area contributed by atoms with Crippen LogP contribution in [0.15, 0.2) is 47.3 Å². The van der Waals surface area contributed by atoms with E-state index in [0.29, 0.717) is 5.56 Å². The molecule has 134 valence electrons. The number of nitrogens with one attached hydrogen (secondary N) is 2. The zero-order valence-electron chi connectivity index (χ0n) is 13.5. The van der Waals surface area contributed by atoms with Gasteiger partial charge in [0.2, 0.25) is 5.91 Å².